The van der Waals surface area contributed by atoms with Crippen molar-refractivity contribution in [1.82, 2.24) is 0 Å². The van der Waals surface area contributed by atoms with E-state index in [0.717, 1.165) is 32.1 Å². The SMILES string of the molecule is CC/C=C\C[C@@H]1C(=O)CC[C@H]1CC(=O)OCCCCCCCCC. The van der Waals surface area contributed by atoms with Gasteiger partial charge >= 0.3 is 5.97 Å². The fraction of sp³-hybridized carbons (Fsp3) is 0.810. The summed E-state index contributed by atoms with van der Waals surface area (Å²) in [4.78, 5) is 24.0. The normalized spacial score (nSPS) is 20.8. The standard InChI is InChI=1S/C21H36O3/c1-3-5-7-8-9-10-12-16-24-21(23)17-18-14-15-20(22)19(18)13-11-6-4-2/h6,11,18-19H,3-5,7-10,12-17H2,1-2H3/b11-6-/t18-,19-/m0/s1. The molecule has 0 unspecified atom stereocenters. The first-order valence-electron chi connectivity index (χ1n) is 10.0. The van der Waals surface area contributed by atoms with E-state index in [-0.39, 0.29) is 17.8 Å². The molecule has 0 aliphatic heterocycles. The zero-order valence-corrected chi connectivity index (χ0v) is 15.7. The van der Waals surface area contributed by atoms with Crippen LogP contribution in [0, 0.1) is 11.8 Å². The average Bonchev–Trinajstić information content (AvgIpc) is 2.90. The van der Waals surface area contributed by atoms with Crippen LogP contribution in [0.25, 0.3) is 0 Å². The van der Waals surface area contributed by atoms with Gasteiger partial charge in [-0.1, -0.05) is 64.5 Å². The molecule has 138 valence electrons. The quantitative estimate of drug-likeness (QED) is 0.249. The molecule has 0 N–H and O–H groups in total. The third-order valence-corrected chi connectivity index (χ3v) is 4.98. The summed E-state index contributed by atoms with van der Waals surface area (Å²) >= 11 is 0. The Bertz CT molecular complexity index is 387. The largest absolute Gasteiger partial charge is 0.466 e. The number of hydrogen-bond acceptors (Lipinski definition) is 3. The number of Topliss-reactive ketones (excluding diaryl/α,β-unsaturated/α-hetero) is 1. The highest BCUT2D eigenvalue weighted by Gasteiger charge is 2.35. The Morgan fingerprint density at radius 1 is 1.08 bits per heavy atom. The molecule has 24 heavy (non-hydrogen) atoms. The molecule has 0 heterocycles. The summed E-state index contributed by atoms with van der Waals surface area (Å²) in [6.45, 7) is 4.85. The molecule has 1 aliphatic rings. The van der Waals surface area contributed by atoms with E-state index in [2.05, 4.69) is 26.0 Å². The van der Waals surface area contributed by atoms with E-state index in [4.69, 9.17) is 4.74 Å². The van der Waals surface area contributed by atoms with Gasteiger partial charge in [-0.15, -0.1) is 0 Å². The number of esters is 1. The van der Waals surface area contributed by atoms with E-state index in [1.54, 1.807) is 0 Å². The van der Waals surface area contributed by atoms with E-state index < -0.39 is 0 Å². The predicted molar refractivity (Wildman–Crippen MR) is 98.8 cm³/mol. The van der Waals surface area contributed by atoms with Crippen LogP contribution < -0.4 is 0 Å². The molecule has 1 fully saturated rings. The number of unbranched alkanes of at least 4 members (excludes halogenated alkanes) is 6. The number of carbonyl (C=O) groups is 2. The predicted octanol–water partition coefficient (Wildman–Crippen LogP) is 5.62. The van der Waals surface area contributed by atoms with Crippen molar-refractivity contribution < 1.29 is 14.3 Å². The molecule has 0 aromatic heterocycles. The minimum absolute atomic E-state index is 0.0268. The van der Waals surface area contributed by atoms with Crippen molar-refractivity contribution in [1.29, 1.82) is 0 Å². The Balaban J connectivity index is 2.14. The lowest BCUT2D eigenvalue weighted by Crippen LogP contribution is -2.19. The van der Waals surface area contributed by atoms with Crippen molar-refractivity contribution in [2.45, 2.75) is 90.9 Å². The summed E-state index contributed by atoms with van der Waals surface area (Å²) in [5, 5.41) is 0. The molecular formula is C21H36O3. The van der Waals surface area contributed by atoms with E-state index in [0.29, 0.717) is 25.2 Å². The van der Waals surface area contributed by atoms with Crippen molar-refractivity contribution in [3.63, 3.8) is 0 Å². The molecule has 0 amide bonds. The van der Waals surface area contributed by atoms with Crippen molar-refractivity contribution in [2.75, 3.05) is 6.61 Å². The molecule has 1 rings (SSSR count). The number of hydrogen-bond donors (Lipinski definition) is 0. The summed E-state index contributed by atoms with van der Waals surface area (Å²) in [6, 6.07) is 0. The van der Waals surface area contributed by atoms with Gasteiger partial charge in [0.15, 0.2) is 0 Å². The maximum absolute atomic E-state index is 12.0. The first-order valence-corrected chi connectivity index (χ1v) is 10.0. The maximum Gasteiger partial charge on any atom is 0.306 e. The summed E-state index contributed by atoms with van der Waals surface area (Å²) in [5.41, 5.74) is 0. The average molecular weight is 337 g/mol. The molecule has 0 saturated heterocycles. The highest BCUT2D eigenvalue weighted by molar-refractivity contribution is 5.84. The van der Waals surface area contributed by atoms with Crippen LogP contribution in [-0.4, -0.2) is 18.4 Å². The minimum atomic E-state index is -0.120. The van der Waals surface area contributed by atoms with Gasteiger partial charge in [0, 0.05) is 18.8 Å². The van der Waals surface area contributed by atoms with Gasteiger partial charge in [0.2, 0.25) is 0 Å². The number of ether oxygens (including phenoxy) is 1. The molecule has 1 aliphatic carbocycles. The van der Waals surface area contributed by atoms with Crippen molar-refractivity contribution in [3.05, 3.63) is 12.2 Å². The van der Waals surface area contributed by atoms with Gasteiger partial charge in [-0.25, -0.2) is 0 Å². The third kappa shape index (κ3) is 8.65. The van der Waals surface area contributed by atoms with Crippen LogP contribution in [0.2, 0.25) is 0 Å². The molecule has 0 radical (unpaired) electrons. The molecule has 3 heteroatoms. The van der Waals surface area contributed by atoms with Crippen LogP contribution in [0.5, 0.6) is 0 Å². The maximum atomic E-state index is 12.0. The van der Waals surface area contributed by atoms with Gasteiger partial charge in [0.05, 0.1) is 6.61 Å². The molecule has 0 bridgehead atoms. The van der Waals surface area contributed by atoms with Crippen LogP contribution in [0.15, 0.2) is 12.2 Å². The van der Waals surface area contributed by atoms with Crippen molar-refractivity contribution >= 4 is 11.8 Å². The van der Waals surface area contributed by atoms with Gasteiger partial charge in [-0.2, -0.15) is 0 Å². The Kier molecular flexibility index (Phi) is 11.5. The second-order valence-electron chi connectivity index (χ2n) is 7.03. The monoisotopic (exact) mass is 336 g/mol. The van der Waals surface area contributed by atoms with Crippen LogP contribution in [-0.2, 0) is 14.3 Å². The summed E-state index contributed by atoms with van der Waals surface area (Å²) in [5.74, 6) is 0.408. The fourth-order valence-corrected chi connectivity index (χ4v) is 3.47. The van der Waals surface area contributed by atoms with Crippen LogP contribution in [0.4, 0.5) is 0 Å². The Labute approximate surface area is 148 Å². The fourth-order valence-electron chi connectivity index (χ4n) is 3.47. The van der Waals surface area contributed by atoms with E-state index in [9.17, 15) is 9.59 Å². The molecule has 1 saturated carbocycles. The molecule has 2 atom stereocenters. The second kappa shape index (κ2) is 13.2. The molecule has 0 spiro atoms. The van der Waals surface area contributed by atoms with Crippen molar-refractivity contribution in [3.8, 4) is 0 Å². The van der Waals surface area contributed by atoms with Gasteiger partial charge in [-0.05, 0) is 31.6 Å². The third-order valence-electron chi connectivity index (χ3n) is 4.98. The zero-order chi connectivity index (χ0) is 17.6. The molecular weight excluding hydrogens is 300 g/mol. The van der Waals surface area contributed by atoms with E-state index >= 15 is 0 Å². The molecule has 0 aromatic carbocycles. The van der Waals surface area contributed by atoms with Crippen LogP contribution >= 0.6 is 0 Å². The number of rotatable bonds is 13. The lowest BCUT2D eigenvalue weighted by molar-refractivity contribution is -0.145. The van der Waals surface area contributed by atoms with Crippen molar-refractivity contribution in [2.24, 2.45) is 11.8 Å². The number of carbonyl (C=O) groups excluding carboxylic acids is 2. The minimum Gasteiger partial charge on any atom is -0.466 e. The molecule has 0 aromatic rings. The topological polar surface area (TPSA) is 43.4 Å². The van der Waals surface area contributed by atoms with Gasteiger partial charge < -0.3 is 4.74 Å². The summed E-state index contributed by atoms with van der Waals surface area (Å²) in [7, 11) is 0. The number of allylic oxidation sites excluding steroid dienone is 2. The van der Waals surface area contributed by atoms with Crippen LogP contribution in [0.3, 0.4) is 0 Å². The first kappa shape index (κ1) is 20.9. The van der Waals surface area contributed by atoms with E-state index in [1.807, 2.05) is 0 Å². The zero-order valence-electron chi connectivity index (χ0n) is 15.7. The Morgan fingerprint density at radius 3 is 2.50 bits per heavy atom. The Hall–Kier alpha value is -1.12. The highest BCUT2D eigenvalue weighted by Crippen LogP contribution is 2.34. The number of ketones is 1. The summed E-state index contributed by atoms with van der Waals surface area (Å²) in [6.07, 6.45) is 16.4. The highest BCUT2D eigenvalue weighted by atomic mass is 16.5. The Morgan fingerprint density at radius 2 is 1.79 bits per heavy atom. The van der Waals surface area contributed by atoms with Gasteiger partial charge in [0.1, 0.15) is 5.78 Å². The lowest BCUT2D eigenvalue weighted by Gasteiger charge is -2.16. The lowest BCUT2D eigenvalue weighted by atomic mass is 9.89. The van der Waals surface area contributed by atoms with E-state index in [1.165, 1.54) is 32.1 Å². The van der Waals surface area contributed by atoms with Gasteiger partial charge in [-0.3, -0.25) is 9.59 Å². The second-order valence-corrected chi connectivity index (χ2v) is 7.03. The summed E-state index contributed by atoms with van der Waals surface area (Å²) < 4.78 is 5.37. The van der Waals surface area contributed by atoms with Gasteiger partial charge in [0.25, 0.3) is 0 Å². The van der Waals surface area contributed by atoms with Crippen LogP contribution in [0.1, 0.15) is 90.9 Å². The smallest absolute Gasteiger partial charge is 0.306 e. The molecule has 3 nitrogen and oxygen atoms in total. The first-order chi connectivity index (χ1) is 11.7.